The van der Waals surface area contributed by atoms with E-state index < -0.39 is 0 Å². The van der Waals surface area contributed by atoms with Crippen molar-refractivity contribution in [2.75, 3.05) is 45.8 Å². The number of hydrogen-bond acceptors (Lipinski definition) is 3. The van der Waals surface area contributed by atoms with Crippen LogP contribution >= 0.6 is 24.0 Å². The number of guanidine groups is 1. The van der Waals surface area contributed by atoms with Crippen LogP contribution in [0.5, 0.6) is 0 Å². The van der Waals surface area contributed by atoms with E-state index in [0.717, 1.165) is 25.6 Å². The molecule has 152 valence electrons. The molecule has 0 aromatic heterocycles. The number of carbonyl (C=O) groups is 1. The van der Waals surface area contributed by atoms with Crippen LogP contribution in [-0.4, -0.2) is 62.6 Å². The summed E-state index contributed by atoms with van der Waals surface area (Å²) in [5.41, 5.74) is 0. The minimum atomic E-state index is 0. The fourth-order valence-electron chi connectivity index (χ4n) is 3.76. The number of piperidine rings is 1. The van der Waals surface area contributed by atoms with E-state index in [0.29, 0.717) is 25.4 Å². The zero-order valence-electron chi connectivity index (χ0n) is 16.4. The maximum Gasteiger partial charge on any atom is 0.220 e. The van der Waals surface area contributed by atoms with Gasteiger partial charge in [0.25, 0.3) is 0 Å². The van der Waals surface area contributed by atoms with E-state index in [1.165, 1.54) is 58.0 Å². The van der Waals surface area contributed by atoms with Gasteiger partial charge in [-0.1, -0.05) is 19.3 Å². The molecule has 1 saturated heterocycles. The molecule has 2 aliphatic rings. The first-order chi connectivity index (χ1) is 12.3. The Kier molecular flexibility index (Phi) is 13.1. The summed E-state index contributed by atoms with van der Waals surface area (Å²) in [7, 11) is 0. The van der Waals surface area contributed by atoms with Gasteiger partial charge in [0.1, 0.15) is 0 Å². The predicted molar refractivity (Wildman–Crippen MR) is 119 cm³/mol. The highest BCUT2D eigenvalue weighted by Crippen LogP contribution is 2.27. The van der Waals surface area contributed by atoms with Gasteiger partial charge in [-0.05, 0) is 51.6 Å². The first-order valence-corrected chi connectivity index (χ1v) is 10.3. The predicted octanol–water partition coefficient (Wildman–Crippen LogP) is 2.34. The first-order valence-electron chi connectivity index (χ1n) is 10.3. The molecule has 1 heterocycles. The molecule has 0 radical (unpaired) electrons. The SMILES string of the molecule is CCNC(=NCCN1CCCCC1)NCCNC(=O)CC1CCCC1.I. The van der Waals surface area contributed by atoms with Gasteiger partial charge in [-0.2, -0.15) is 0 Å². The summed E-state index contributed by atoms with van der Waals surface area (Å²) in [5.74, 6) is 1.66. The largest absolute Gasteiger partial charge is 0.357 e. The molecule has 1 aliphatic carbocycles. The van der Waals surface area contributed by atoms with E-state index in [4.69, 9.17) is 0 Å². The van der Waals surface area contributed by atoms with E-state index in [9.17, 15) is 4.79 Å². The Labute approximate surface area is 176 Å². The first kappa shape index (κ1) is 23.5. The Bertz CT molecular complexity index is 407. The summed E-state index contributed by atoms with van der Waals surface area (Å²) in [5, 5.41) is 9.61. The van der Waals surface area contributed by atoms with Crippen LogP contribution in [0.15, 0.2) is 4.99 Å². The van der Waals surface area contributed by atoms with Crippen molar-refractivity contribution in [1.82, 2.24) is 20.9 Å². The lowest BCUT2D eigenvalue weighted by Crippen LogP contribution is -2.42. The molecule has 2 fully saturated rings. The van der Waals surface area contributed by atoms with Crippen LogP contribution < -0.4 is 16.0 Å². The van der Waals surface area contributed by atoms with Gasteiger partial charge < -0.3 is 20.9 Å². The van der Waals surface area contributed by atoms with Crippen molar-refractivity contribution < 1.29 is 4.79 Å². The average molecular weight is 479 g/mol. The summed E-state index contributed by atoms with van der Waals surface area (Å²) in [6.45, 7) is 8.58. The van der Waals surface area contributed by atoms with Gasteiger partial charge >= 0.3 is 0 Å². The molecule has 0 unspecified atom stereocenters. The number of halogens is 1. The van der Waals surface area contributed by atoms with Crippen molar-refractivity contribution in [3.05, 3.63) is 0 Å². The maximum absolute atomic E-state index is 11.9. The standard InChI is InChI=1S/C19H37N5O.HI/c1-2-20-19(23-12-15-24-13-6-3-7-14-24)22-11-10-21-18(25)16-17-8-4-5-9-17;/h17H,2-16H2,1H3,(H,21,25)(H2,20,22,23);1H. The Morgan fingerprint density at radius 1 is 1.00 bits per heavy atom. The highest BCUT2D eigenvalue weighted by Gasteiger charge is 2.17. The number of likely N-dealkylation sites (tertiary alicyclic amines) is 1. The summed E-state index contributed by atoms with van der Waals surface area (Å²) < 4.78 is 0. The molecule has 26 heavy (non-hydrogen) atoms. The van der Waals surface area contributed by atoms with Crippen LogP contribution in [0.25, 0.3) is 0 Å². The van der Waals surface area contributed by atoms with E-state index in [1.807, 2.05) is 0 Å². The molecule has 2 rings (SSSR count). The number of hydrogen-bond donors (Lipinski definition) is 3. The lowest BCUT2D eigenvalue weighted by atomic mass is 10.0. The average Bonchev–Trinajstić information content (AvgIpc) is 3.12. The number of carbonyl (C=O) groups excluding carboxylic acids is 1. The zero-order valence-corrected chi connectivity index (χ0v) is 18.7. The molecular formula is C19H38IN5O. The molecule has 3 N–H and O–H groups in total. The van der Waals surface area contributed by atoms with Crippen molar-refractivity contribution >= 4 is 35.8 Å². The highest BCUT2D eigenvalue weighted by atomic mass is 127. The van der Waals surface area contributed by atoms with Crippen molar-refractivity contribution in [1.29, 1.82) is 0 Å². The van der Waals surface area contributed by atoms with Gasteiger partial charge in [0.15, 0.2) is 5.96 Å². The molecule has 0 aromatic rings. The molecule has 1 aliphatic heterocycles. The Balaban J connectivity index is 0.00000338. The monoisotopic (exact) mass is 479 g/mol. The van der Waals surface area contributed by atoms with Crippen molar-refractivity contribution in [3.63, 3.8) is 0 Å². The summed E-state index contributed by atoms with van der Waals surface area (Å²) in [6.07, 6.45) is 9.74. The highest BCUT2D eigenvalue weighted by molar-refractivity contribution is 14.0. The maximum atomic E-state index is 11.9. The third-order valence-electron chi connectivity index (χ3n) is 5.17. The van der Waals surface area contributed by atoms with Crippen LogP contribution in [0, 0.1) is 5.92 Å². The summed E-state index contributed by atoms with van der Waals surface area (Å²) in [4.78, 5) is 19.1. The Morgan fingerprint density at radius 3 is 2.38 bits per heavy atom. The second-order valence-electron chi connectivity index (χ2n) is 7.29. The fraction of sp³-hybridized carbons (Fsp3) is 0.895. The second-order valence-corrected chi connectivity index (χ2v) is 7.29. The van der Waals surface area contributed by atoms with Crippen LogP contribution in [-0.2, 0) is 4.79 Å². The lowest BCUT2D eigenvalue weighted by molar-refractivity contribution is -0.121. The molecule has 0 spiro atoms. The van der Waals surface area contributed by atoms with Crippen LogP contribution in [0.2, 0.25) is 0 Å². The van der Waals surface area contributed by atoms with Gasteiger partial charge in [-0.3, -0.25) is 9.79 Å². The van der Waals surface area contributed by atoms with E-state index in [2.05, 4.69) is 32.8 Å². The minimum Gasteiger partial charge on any atom is -0.357 e. The van der Waals surface area contributed by atoms with Crippen molar-refractivity contribution in [3.8, 4) is 0 Å². The molecule has 1 saturated carbocycles. The van der Waals surface area contributed by atoms with Crippen LogP contribution in [0.1, 0.15) is 58.3 Å². The normalized spacial score (nSPS) is 19.0. The Morgan fingerprint density at radius 2 is 1.69 bits per heavy atom. The van der Waals surface area contributed by atoms with E-state index >= 15 is 0 Å². The molecule has 7 heteroatoms. The third-order valence-corrected chi connectivity index (χ3v) is 5.17. The number of amides is 1. The number of rotatable bonds is 9. The topological polar surface area (TPSA) is 68.8 Å². The van der Waals surface area contributed by atoms with Gasteiger partial charge in [0.2, 0.25) is 5.91 Å². The zero-order chi connectivity index (χ0) is 17.7. The van der Waals surface area contributed by atoms with Crippen LogP contribution in [0.4, 0.5) is 0 Å². The minimum absolute atomic E-state index is 0. The molecule has 0 aromatic carbocycles. The quantitative estimate of drug-likeness (QED) is 0.206. The number of nitrogens with one attached hydrogen (secondary N) is 3. The van der Waals surface area contributed by atoms with Gasteiger partial charge in [0.05, 0.1) is 6.54 Å². The molecular weight excluding hydrogens is 441 g/mol. The van der Waals surface area contributed by atoms with Gasteiger partial charge in [-0.15, -0.1) is 24.0 Å². The second kappa shape index (κ2) is 14.5. The molecule has 0 bridgehead atoms. The number of nitrogens with zero attached hydrogens (tertiary/aromatic N) is 2. The van der Waals surface area contributed by atoms with E-state index in [1.54, 1.807) is 0 Å². The number of aliphatic imine (C=N–C) groups is 1. The fourth-order valence-corrected chi connectivity index (χ4v) is 3.76. The molecule has 1 amide bonds. The summed E-state index contributed by atoms with van der Waals surface area (Å²) >= 11 is 0. The van der Waals surface area contributed by atoms with Gasteiger partial charge in [-0.25, -0.2) is 0 Å². The Hall–Kier alpha value is -0.570. The third kappa shape index (κ3) is 9.94. The lowest BCUT2D eigenvalue weighted by Gasteiger charge is -2.25. The van der Waals surface area contributed by atoms with Crippen LogP contribution in [0.3, 0.4) is 0 Å². The van der Waals surface area contributed by atoms with Crippen molar-refractivity contribution in [2.24, 2.45) is 10.9 Å². The van der Waals surface area contributed by atoms with Crippen molar-refractivity contribution in [2.45, 2.75) is 58.3 Å². The molecule has 6 nitrogen and oxygen atoms in total. The van der Waals surface area contributed by atoms with E-state index in [-0.39, 0.29) is 29.9 Å². The summed E-state index contributed by atoms with van der Waals surface area (Å²) in [6, 6.07) is 0. The van der Waals surface area contributed by atoms with Gasteiger partial charge in [0, 0.05) is 32.6 Å². The smallest absolute Gasteiger partial charge is 0.220 e. The molecule has 0 atom stereocenters.